The van der Waals surface area contributed by atoms with Gasteiger partial charge in [-0.15, -0.1) is 11.3 Å². The van der Waals surface area contributed by atoms with Gasteiger partial charge in [0.05, 0.1) is 0 Å². The maximum Gasteiger partial charge on any atom is 0.309 e. The molecule has 0 fully saturated rings. The lowest BCUT2D eigenvalue weighted by atomic mass is 10.1. The van der Waals surface area contributed by atoms with Gasteiger partial charge in [0.2, 0.25) is 6.79 Å². The summed E-state index contributed by atoms with van der Waals surface area (Å²) in [5.74, 6) is -0.787. The molecule has 1 aliphatic rings. The molecule has 10 heteroatoms. The molecule has 0 unspecified atom stereocenters. The van der Waals surface area contributed by atoms with E-state index in [1.807, 2.05) is 0 Å². The highest BCUT2D eigenvalue weighted by Crippen LogP contribution is 2.38. The standard InChI is InChI=1S/C16H16N2O6S2/c1-17-15(19)16(20)18-8-13(26(21,22)14-3-2-6-25-14)10-4-5-11-12(7-10)24-9-23-11/h2-7,13H,8-9H2,1H3,(H,17,19)(H,18,20)/t13-/m1/s1. The van der Waals surface area contributed by atoms with E-state index < -0.39 is 26.9 Å². The Kier molecular flexibility index (Phi) is 5.14. The minimum atomic E-state index is -3.78. The largest absolute Gasteiger partial charge is 0.454 e. The van der Waals surface area contributed by atoms with Gasteiger partial charge in [0.15, 0.2) is 21.3 Å². The molecule has 3 rings (SSSR count). The summed E-state index contributed by atoms with van der Waals surface area (Å²) in [6.07, 6.45) is 0. The summed E-state index contributed by atoms with van der Waals surface area (Å²) < 4.78 is 36.8. The molecule has 0 saturated carbocycles. The van der Waals surface area contributed by atoms with E-state index in [1.165, 1.54) is 13.1 Å². The lowest BCUT2D eigenvalue weighted by Crippen LogP contribution is -2.40. The fourth-order valence-electron chi connectivity index (χ4n) is 2.46. The molecular formula is C16H16N2O6S2. The average molecular weight is 396 g/mol. The number of benzene rings is 1. The predicted molar refractivity (Wildman–Crippen MR) is 93.9 cm³/mol. The number of fused-ring (bicyclic) bond motifs is 1. The van der Waals surface area contributed by atoms with E-state index in [0.29, 0.717) is 17.1 Å². The van der Waals surface area contributed by atoms with Crippen LogP contribution in [0.1, 0.15) is 10.8 Å². The van der Waals surface area contributed by atoms with Crippen molar-refractivity contribution < 1.29 is 27.5 Å². The van der Waals surface area contributed by atoms with Gasteiger partial charge in [0.1, 0.15) is 9.46 Å². The van der Waals surface area contributed by atoms with Crippen molar-refractivity contribution in [3.63, 3.8) is 0 Å². The zero-order chi connectivity index (χ0) is 18.7. The van der Waals surface area contributed by atoms with Crippen molar-refractivity contribution in [3.05, 3.63) is 41.3 Å². The van der Waals surface area contributed by atoms with Crippen LogP contribution >= 0.6 is 11.3 Å². The van der Waals surface area contributed by atoms with Gasteiger partial charge in [-0.3, -0.25) is 9.59 Å². The first-order chi connectivity index (χ1) is 12.4. The highest BCUT2D eigenvalue weighted by Gasteiger charge is 2.32. The van der Waals surface area contributed by atoms with Crippen molar-refractivity contribution in [1.29, 1.82) is 0 Å². The zero-order valence-electron chi connectivity index (χ0n) is 13.7. The zero-order valence-corrected chi connectivity index (χ0v) is 15.4. The molecule has 1 atom stereocenters. The fourth-order valence-corrected chi connectivity index (χ4v) is 5.32. The number of sulfone groups is 1. The Morgan fingerprint density at radius 3 is 2.65 bits per heavy atom. The van der Waals surface area contributed by atoms with Crippen LogP contribution < -0.4 is 20.1 Å². The van der Waals surface area contributed by atoms with Crippen molar-refractivity contribution >= 4 is 33.0 Å². The van der Waals surface area contributed by atoms with E-state index in [-0.39, 0.29) is 17.5 Å². The normalized spacial score (nSPS) is 13.9. The molecule has 0 spiro atoms. The van der Waals surface area contributed by atoms with Crippen molar-refractivity contribution in [3.8, 4) is 11.5 Å². The van der Waals surface area contributed by atoms with Crippen LogP contribution in [-0.2, 0) is 19.4 Å². The first-order valence-electron chi connectivity index (χ1n) is 7.60. The molecule has 0 aliphatic carbocycles. The molecule has 138 valence electrons. The molecule has 1 aromatic heterocycles. The van der Waals surface area contributed by atoms with Crippen molar-refractivity contribution in [2.75, 3.05) is 20.4 Å². The monoisotopic (exact) mass is 396 g/mol. The van der Waals surface area contributed by atoms with Gasteiger partial charge in [0, 0.05) is 13.6 Å². The molecule has 2 amide bonds. The van der Waals surface area contributed by atoms with Crippen molar-refractivity contribution in [1.82, 2.24) is 10.6 Å². The summed E-state index contributed by atoms with van der Waals surface area (Å²) >= 11 is 1.09. The minimum absolute atomic E-state index is 0.0640. The molecule has 0 radical (unpaired) electrons. The van der Waals surface area contributed by atoms with Crippen LogP contribution in [0.3, 0.4) is 0 Å². The number of likely N-dealkylation sites (N-methyl/N-ethyl adjacent to an activating group) is 1. The lowest BCUT2D eigenvalue weighted by Gasteiger charge is -2.18. The van der Waals surface area contributed by atoms with Crippen LogP contribution in [-0.4, -0.2) is 40.6 Å². The van der Waals surface area contributed by atoms with Gasteiger partial charge in [-0.1, -0.05) is 12.1 Å². The molecule has 1 aromatic carbocycles. The Morgan fingerprint density at radius 2 is 1.96 bits per heavy atom. The van der Waals surface area contributed by atoms with E-state index in [4.69, 9.17) is 9.47 Å². The summed E-state index contributed by atoms with van der Waals surface area (Å²) in [7, 11) is -2.46. The van der Waals surface area contributed by atoms with Crippen LogP contribution in [0, 0.1) is 0 Å². The molecule has 0 saturated heterocycles. The predicted octanol–water partition coefficient (Wildman–Crippen LogP) is 0.854. The number of carbonyl (C=O) groups excluding carboxylic acids is 2. The Morgan fingerprint density at radius 1 is 1.19 bits per heavy atom. The van der Waals surface area contributed by atoms with E-state index in [1.54, 1.807) is 29.6 Å². The third-order valence-electron chi connectivity index (χ3n) is 3.80. The maximum absolute atomic E-state index is 13.0. The number of hydrogen-bond acceptors (Lipinski definition) is 7. The highest BCUT2D eigenvalue weighted by molar-refractivity contribution is 7.93. The van der Waals surface area contributed by atoms with Crippen LogP contribution in [0.2, 0.25) is 0 Å². The quantitative estimate of drug-likeness (QED) is 0.725. The van der Waals surface area contributed by atoms with Crippen LogP contribution in [0.25, 0.3) is 0 Å². The molecule has 0 bridgehead atoms. The van der Waals surface area contributed by atoms with Gasteiger partial charge in [-0.05, 0) is 29.1 Å². The molecule has 2 N–H and O–H groups in total. The maximum atomic E-state index is 13.0. The van der Waals surface area contributed by atoms with Crippen LogP contribution in [0.15, 0.2) is 39.9 Å². The number of amides is 2. The second-order valence-electron chi connectivity index (χ2n) is 5.37. The summed E-state index contributed by atoms with van der Waals surface area (Å²) in [6, 6.07) is 7.94. The van der Waals surface area contributed by atoms with Crippen LogP contribution in [0.4, 0.5) is 0 Å². The molecule has 2 aromatic rings. The fraction of sp³-hybridized carbons (Fsp3) is 0.250. The highest BCUT2D eigenvalue weighted by atomic mass is 32.2. The summed E-state index contributed by atoms with van der Waals surface area (Å²) in [6.45, 7) is -0.194. The summed E-state index contributed by atoms with van der Waals surface area (Å²) in [5.41, 5.74) is 0.430. The number of nitrogens with one attached hydrogen (secondary N) is 2. The molecule has 8 nitrogen and oxygen atoms in total. The van der Waals surface area contributed by atoms with E-state index in [0.717, 1.165) is 11.3 Å². The number of ether oxygens (including phenoxy) is 2. The molecule has 1 aliphatic heterocycles. The second kappa shape index (κ2) is 7.34. The minimum Gasteiger partial charge on any atom is -0.454 e. The van der Waals surface area contributed by atoms with Crippen molar-refractivity contribution in [2.45, 2.75) is 9.46 Å². The lowest BCUT2D eigenvalue weighted by molar-refractivity contribution is -0.138. The van der Waals surface area contributed by atoms with Gasteiger partial charge in [-0.25, -0.2) is 8.42 Å². The Balaban J connectivity index is 1.94. The molecule has 2 heterocycles. The van der Waals surface area contributed by atoms with Gasteiger partial charge < -0.3 is 20.1 Å². The third kappa shape index (κ3) is 3.51. The number of carbonyl (C=O) groups is 2. The summed E-state index contributed by atoms with van der Waals surface area (Å²) in [4.78, 5) is 23.1. The van der Waals surface area contributed by atoms with Crippen LogP contribution in [0.5, 0.6) is 11.5 Å². The average Bonchev–Trinajstić information content (AvgIpc) is 3.32. The first-order valence-corrected chi connectivity index (χ1v) is 10.0. The number of rotatable bonds is 5. The van der Waals surface area contributed by atoms with Gasteiger partial charge in [0.25, 0.3) is 0 Å². The first kappa shape index (κ1) is 18.2. The SMILES string of the molecule is CNC(=O)C(=O)NC[C@H](c1ccc2c(c1)OCO2)S(=O)(=O)c1cccs1. The van der Waals surface area contributed by atoms with E-state index >= 15 is 0 Å². The second-order valence-corrected chi connectivity index (χ2v) is 8.67. The third-order valence-corrected chi connectivity index (χ3v) is 7.33. The number of thiophene rings is 1. The molecular weight excluding hydrogens is 380 g/mol. The Hall–Kier alpha value is -2.59. The Bertz CT molecular complexity index is 924. The van der Waals surface area contributed by atoms with Crippen molar-refractivity contribution in [2.24, 2.45) is 0 Å². The summed E-state index contributed by atoms with van der Waals surface area (Å²) in [5, 5.41) is 5.14. The smallest absolute Gasteiger partial charge is 0.309 e. The van der Waals surface area contributed by atoms with E-state index in [2.05, 4.69) is 10.6 Å². The molecule has 26 heavy (non-hydrogen) atoms. The van der Waals surface area contributed by atoms with Gasteiger partial charge >= 0.3 is 11.8 Å². The van der Waals surface area contributed by atoms with E-state index in [9.17, 15) is 18.0 Å². The Labute approximate surface area is 154 Å². The number of hydrogen-bond donors (Lipinski definition) is 2. The topological polar surface area (TPSA) is 111 Å². The van der Waals surface area contributed by atoms with Gasteiger partial charge in [-0.2, -0.15) is 0 Å².